The minimum Gasteiger partial charge on any atom is -0.304 e. The van der Waals surface area contributed by atoms with E-state index in [2.05, 4.69) is 25.8 Å². The Hall–Kier alpha value is -0.0400. The standard InChI is InChI=1S/C10H21N/c1-4-5-10-6-7-11(3)9(2)8-10/h9-10H,4-8H2,1-3H3. The zero-order valence-corrected chi connectivity index (χ0v) is 8.14. The van der Waals surface area contributed by atoms with Crippen molar-refractivity contribution in [2.75, 3.05) is 13.6 Å². The van der Waals surface area contributed by atoms with Crippen LogP contribution < -0.4 is 0 Å². The smallest absolute Gasteiger partial charge is 0.00665 e. The van der Waals surface area contributed by atoms with Crippen LogP contribution in [-0.2, 0) is 0 Å². The van der Waals surface area contributed by atoms with Crippen LogP contribution in [0.3, 0.4) is 0 Å². The highest BCUT2D eigenvalue weighted by atomic mass is 15.1. The first-order chi connectivity index (χ1) is 5.24. The molecule has 2 atom stereocenters. The SMILES string of the molecule is CCCC1CCN(C)C(C)C1. The van der Waals surface area contributed by atoms with Gasteiger partial charge in [-0.05, 0) is 39.3 Å². The van der Waals surface area contributed by atoms with Gasteiger partial charge in [0.1, 0.15) is 0 Å². The lowest BCUT2D eigenvalue weighted by molar-refractivity contribution is 0.148. The molecule has 0 bridgehead atoms. The van der Waals surface area contributed by atoms with E-state index in [1.54, 1.807) is 0 Å². The van der Waals surface area contributed by atoms with Crippen molar-refractivity contribution >= 4 is 0 Å². The largest absolute Gasteiger partial charge is 0.304 e. The van der Waals surface area contributed by atoms with E-state index in [1.165, 1.54) is 32.2 Å². The average Bonchev–Trinajstić information content (AvgIpc) is 1.98. The summed E-state index contributed by atoms with van der Waals surface area (Å²) in [5.41, 5.74) is 0. The molecule has 1 nitrogen and oxygen atoms in total. The summed E-state index contributed by atoms with van der Waals surface area (Å²) in [6.07, 6.45) is 5.65. The van der Waals surface area contributed by atoms with E-state index < -0.39 is 0 Å². The number of nitrogens with zero attached hydrogens (tertiary/aromatic N) is 1. The average molecular weight is 155 g/mol. The molecule has 66 valence electrons. The van der Waals surface area contributed by atoms with Crippen LogP contribution >= 0.6 is 0 Å². The lowest BCUT2D eigenvalue weighted by atomic mass is 9.89. The van der Waals surface area contributed by atoms with Crippen molar-refractivity contribution < 1.29 is 0 Å². The van der Waals surface area contributed by atoms with E-state index in [9.17, 15) is 0 Å². The Morgan fingerprint density at radius 1 is 1.45 bits per heavy atom. The minimum atomic E-state index is 0.820. The molecule has 1 rings (SSSR count). The Labute approximate surface area is 70.8 Å². The molecule has 1 saturated heterocycles. The summed E-state index contributed by atoms with van der Waals surface area (Å²) in [6.45, 7) is 5.96. The fraction of sp³-hybridized carbons (Fsp3) is 1.00. The monoisotopic (exact) mass is 155 g/mol. The van der Waals surface area contributed by atoms with Crippen LogP contribution in [0.15, 0.2) is 0 Å². The molecule has 0 aromatic rings. The summed E-state index contributed by atoms with van der Waals surface area (Å²) in [4.78, 5) is 2.48. The first-order valence-electron chi connectivity index (χ1n) is 4.94. The van der Waals surface area contributed by atoms with Gasteiger partial charge in [-0.3, -0.25) is 0 Å². The van der Waals surface area contributed by atoms with E-state index in [4.69, 9.17) is 0 Å². The van der Waals surface area contributed by atoms with Gasteiger partial charge in [-0.2, -0.15) is 0 Å². The maximum absolute atomic E-state index is 2.48. The van der Waals surface area contributed by atoms with Gasteiger partial charge in [0.25, 0.3) is 0 Å². The Bertz CT molecular complexity index is 111. The number of hydrogen-bond donors (Lipinski definition) is 0. The molecular formula is C10H21N. The van der Waals surface area contributed by atoms with Crippen molar-refractivity contribution in [2.45, 2.75) is 45.6 Å². The summed E-state index contributed by atoms with van der Waals surface area (Å²) in [7, 11) is 2.24. The first kappa shape index (κ1) is 9.05. The molecule has 0 aromatic heterocycles. The predicted octanol–water partition coefficient (Wildman–Crippen LogP) is 2.52. The second-order valence-corrected chi connectivity index (χ2v) is 4.01. The lowest BCUT2D eigenvalue weighted by Gasteiger charge is -2.34. The Morgan fingerprint density at radius 3 is 2.73 bits per heavy atom. The summed E-state index contributed by atoms with van der Waals surface area (Å²) in [5, 5.41) is 0. The molecule has 11 heavy (non-hydrogen) atoms. The number of hydrogen-bond acceptors (Lipinski definition) is 1. The number of piperidine rings is 1. The predicted molar refractivity (Wildman–Crippen MR) is 49.7 cm³/mol. The van der Waals surface area contributed by atoms with E-state index in [0.717, 1.165) is 12.0 Å². The molecule has 1 aliphatic rings. The van der Waals surface area contributed by atoms with Gasteiger partial charge in [0.2, 0.25) is 0 Å². The van der Waals surface area contributed by atoms with Gasteiger partial charge in [-0.1, -0.05) is 19.8 Å². The van der Waals surface area contributed by atoms with Crippen LogP contribution in [-0.4, -0.2) is 24.5 Å². The fourth-order valence-electron chi connectivity index (χ4n) is 2.06. The van der Waals surface area contributed by atoms with Crippen molar-refractivity contribution in [1.29, 1.82) is 0 Å². The Morgan fingerprint density at radius 2 is 2.18 bits per heavy atom. The third-order valence-electron chi connectivity index (χ3n) is 3.01. The van der Waals surface area contributed by atoms with Crippen LogP contribution in [0.25, 0.3) is 0 Å². The van der Waals surface area contributed by atoms with Gasteiger partial charge in [0.15, 0.2) is 0 Å². The zero-order chi connectivity index (χ0) is 8.27. The van der Waals surface area contributed by atoms with Crippen LogP contribution in [0.5, 0.6) is 0 Å². The minimum absolute atomic E-state index is 0.820. The van der Waals surface area contributed by atoms with Crippen molar-refractivity contribution in [3.05, 3.63) is 0 Å². The van der Waals surface area contributed by atoms with Gasteiger partial charge in [0, 0.05) is 6.04 Å². The summed E-state index contributed by atoms with van der Waals surface area (Å²) in [6, 6.07) is 0.820. The first-order valence-corrected chi connectivity index (χ1v) is 4.94. The fourth-order valence-corrected chi connectivity index (χ4v) is 2.06. The molecule has 1 aliphatic heterocycles. The molecule has 0 saturated carbocycles. The van der Waals surface area contributed by atoms with E-state index in [0.29, 0.717) is 0 Å². The molecule has 0 aromatic carbocycles. The number of likely N-dealkylation sites (tertiary alicyclic amines) is 1. The van der Waals surface area contributed by atoms with Gasteiger partial charge in [-0.25, -0.2) is 0 Å². The molecule has 2 unspecified atom stereocenters. The number of rotatable bonds is 2. The maximum atomic E-state index is 2.48. The van der Waals surface area contributed by atoms with Gasteiger partial charge >= 0.3 is 0 Å². The highest BCUT2D eigenvalue weighted by Crippen LogP contribution is 2.24. The Balaban J connectivity index is 2.28. The van der Waals surface area contributed by atoms with Gasteiger partial charge in [-0.15, -0.1) is 0 Å². The van der Waals surface area contributed by atoms with Crippen LogP contribution in [0, 0.1) is 5.92 Å². The summed E-state index contributed by atoms with van der Waals surface area (Å²) in [5.74, 6) is 1.02. The highest BCUT2D eigenvalue weighted by molar-refractivity contribution is 4.76. The molecular weight excluding hydrogens is 134 g/mol. The maximum Gasteiger partial charge on any atom is 0.00665 e. The summed E-state index contributed by atoms with van der Waals surface area (Å²) < 4.78 is 0. The van der Waals surface area contributed by atoms with Crippen molar-refractivity contribution in [2.24, 2.45) is 5.92 Å². The molecule has 1 heterocycles. The van der Waals surface area contributed by atoms with Gasteiger partial charge in [0.05, 0.1) is 0 Å². The third-order valence-corrected chi connectivity index (χ3v) is 3.01. The zero-order valence-electron chi connectivity index (χ0n) is 8.14. The normalized spacial score (nSPS) is 34.1. The lowest BCUT2D eigenvalue weighted by Crippen LogP contribution is -2.37. The molecule has 0 radical (unpaired) electrons. The molecule has 0 spiro atoms. The molecule has 0 aliphatic carbocycles. The molecule has 1 fully saturated rings. The topological polar surface area (TPSA) is 3.24 Å². The molecule has 0 amide bonds. The second kappa shape index (κ2) is 4.10. The van der Waals surface area contributed by atoms with Crippen molar-refractivity contribution in [3.8, 4) is 0 Å². The van der Waals surface area contributed by atoms with Gasteiger partial charge < -0.3 is 4.90 Å². The van der Waals surface area contributed by atoms with E-state index >= 15 is 0 Å². The summed E-state index contributed by atoms with van der Waals surface area (Å²) >= 11 is 0. The third kappa shape index (κ3) is 2.48. The van der Waals surface area contributed by atoms with Crippen LogP contribution in [0.2, 0.25) is 0 Å². The van der Waals surface area contributed by atoms with Crippen molar-refractivity contribution in [1.82, 2.24) is 4.90 Å². The second-order valence-electron chi connectivity index (χ2n) is 4.01. The van der Waals surface area contributed by atoms with Crippen LogP contribution in [0.1, 0.15) is 39.5 Å². The van der Waals surface area contributed by atoms with Crippen molar-refractivity contribution in [3.63, 3.8) is 0 Å². The highest BCUT2D eigenvalue weighted by Gasteiger charge is 2.21. The van der Waals surface area contributed by atoms with Crippen LogP contribution in [0.4, 0.5) is 0 Å². The molecule has 0 N–H and O–H groups in total. The quantitative estimate of drug-likeness (QED) is 0.592. The van der Waals surface area contributed by atoms with E-state index in [-0.39, 0.29) is 0 Å². The molecule has 1 heteroatoms. The Kier molecular flexibility index (Phi) is 3.38. The van der Waals surface area contributed by atoms with E-state index in [1.807, 2.05) is 0 Å².